The highest BCUT2D eigenvalue weighted by atomic mass is 35.5. The summed E-state index contributed by atoms with van der Waals surface area (Å²) in [7, 11) is 0. The van der Waals surface area contributed by atoms with Gasteiger partial charge < -0.3 is 15.5 Å². The van der Waals surface area contributed by atoms with Crippen LogP contribution < -0.4 is 10.6 Å². The predicted molar refractivity (Wildman–Crippen MR) is 62.5 cm³/mol. The van der Waals surface area contributed by atoms with Crippen LogP contribution in [0.4, 0.5) is 0 Å². The zero-order valence-electron chi connectivity index (χ0n) is 9.36. The molecule has 2 saturated heterocycles. The zero-order valence-corrected chi connectivity index (χ0v) is 10.2. The second-order valence-electron chi connectivity index (χ2n) is 4.24. The molecule has 16 heavy (non-hydrogen) atoms. The van der Waals surface area contributed by atoms with E-state index in [4.69, 9.17) is 0 Å². The van der Waals surface area contributed by atoms with Gasteiger partial charge in [-0.25, -0.2) is 0 Å². The van der Waals surface area contributed by atoms with E-state index in [9.17, 15) is 9.59 Å². The molecule has 0 bridgehead atoms. The Morgan fingerprint density at radius 1 is 1.50 bits per heavy atom. The number of nitrogens with one attached hydrogen (secondary N) is 2. The van der Waals surface area contributed by atoms with Crippen LogP contribution in [0.5, 0.6) is 0 Å². The molecule has 0 aromatic heterocycles. The standard InChI is InChI=1S/C10H17N3O2.ClH/c1-7-6-11-4-5-13(7)10(15)8-2-3-9(14)12-8;/h7-8,11H,2-6H2,1H3,(H,12,14);1H/t7-,8-;/m1./s1. The minimum absolute atomic E-state index is 0. The summed E-state index contributed by atoms with van der Waals surface area (Å²) in [5.74, 6) is 0.0750. The summed E-state index contributed by atoms with van der Waals surface area (Å²) in [4.78, 5) is 24.9. The van der Waals surface area contributed by atoms with Crippen molar-refractivity contribution in [3.05, 3.63) is 0 Å². The van der Waals surface area contributed by atoms with Gasteiger partial charge in [0.2, 0.25) is 11.8 Å². The second kappa shape index (κ2) is 5.50. The first kappa shape index (κ1) is 13.3. The fourth-order valence-electron chi connectivity index (χ4n) is 2.17. The SMILES string of the molecule is C[C@@H]1CNCCN1C(=O)[C@H]1CCC(=O)N1.Cl. The van der Waals surface area contributed by atoms with Crippen LogP contribution in [0.3, 0.4) is 0 Å². The van der Waals surface area contributed by atoms with Gasteiger partial charge in [0, 0.05) is 32.1 Å². The van der Waals surface area contributed by atoms with Gasteiger partial charge in [0.1, 0.15) is 6.04 Å². The molecule has 0 radical (unpaired) electrons. The third kappa shape index (κ3) is 2.65. The van der Waals surface area contributed by atoms with Crippen molar-refractivity contribution >= 4 is 24.2 Å². The van der Waals surface area contributed by atoms with Gasteiger partial charge in [0.15, 0.2) is 0 Å². The molecule has 2 fully saturated rings. The van der Waals surface area contributed by atoms with Crippen LogP contribution in [0.2, 0.25) is 0 Å². The lowest BCUT2D eigenvalue weighted by Gasteiger charge is -2.35. The summed E-state index contributed by atoms with van der Waals surface area (Å²) in [5.41, 5.74) is 0. The summed E-state index contributed by atoms with van der Waals surface area (Å²) in [6.07, 6.45) is 1.13. The Hall–Kier alpha value is -0.810. The van der Waals surface area contributed by atoms with Crippen molar-refractivity contribution < 1.29 is 9.59 Å². The van der Waals surface area contributed by atoms with Gasteiger partial charge >= 0.3 is 0 Å². The van der Waals surface area contributed by atoms with E-state index in [-0.39, 0.29) is 36.3 Å². The Morgan fingerprint density at radius 3 is 2.81 bits per heavy atom. The number of carbonyl (C=O) groups excluding carboxylic acids is 2. The number of hydrogen-bond donors (Lipinski definition) is 2. The molecule has 2 amide bonds. The number of hydrogen-bond acceptors (Lipinski definition) is 3. The maximum atomic E-state index is 12.0. The van der Waals surface area contributed by atoms with Crippen LogP contribution in [-0.2, 0) is 9.59 Å². The molecule has 2 rings (SSSR count). The molecule has 0 aromatic rings. The monoisotopic (exact) mass is 247 g/mol. The third-order valence-corrected chi connectivity index (χ3v) is 3.08. The van der Waals surface area contributed by atoms with E-state index in [0.717, 1.165) is 19.6 Å². The Morgan fingerprint density at radius 2 is 2.25 bits per heavy atom. The van der Waals surface area contributed by atoms with Gasteiger partial charge in [0.05, 0.1) is 0 Å². The maximum absolute atomic E-state index is 12.0. The van der Waals surface area contributed by atoms with Crippen molar-refractivity contribution in [3.63, 3.8) is 0 Å². The number of nitrogens with zero attached hydrogens (tertiary/aromatic N) is 1. The number of halogens is 1. The molecule has 0 aromatic carbocycles. The average Bonchev–Trinajstić information content (AvgIpc) is 2.65. The molecule has 0 saturated carbocycles. The minimum atomic E-state index is -0.280. The summed E-state index contributed by atoms with van der Waals surface area (Å²) in [5, 5.41) is 5.96. The first-order valence-corrected chi connectivity index (χ1v) is 5.49. The molecule has 5 nitrogen and oxygen atoms in total. The van der Waals surface area contributed by atoms with Crippen molar-refractivity contribution in [2.45, 2.75) is 31.8 Å². The van der Waals surface area contributed by atoms with E-state index in [2.05, 4.69) is 10.6 Å². The quantitative estimate of drug-likeness (QED) is 0.657. The third-order valence-electron chi connectivity index (χ3n) is 3.08. The molecule has 2 aliphatic rings. The Bertz CT molecular complexity index is 285. The summed E-state index contributed by atoms with van der Waals surface area (Å²) < 4.78 is 0. The fraction of sp³-hybridized carbons (Fsp3) is 0.800. The minimum Gasteiger partial charge on any atom is -0.344 e. The Labute approximate surface area is 101 Å². The van der Waals surface area contributed by atoms with E-state index in [1.807, 2.05) is 11.8 Å². The van der Waals surface area contributed by atoms with Crippen molar-refractivity contribution in [2.24, 2.45) is 0 Å². The number of amides is 2. The molecule has 2 atom stereocenters. The van der Waals surface area contributed by atoms with Gasteiger partial charge in [-0.15, -0.1) is 12.4 Å². The van der Waals surface area contributed by atoms with E-state index in [1.165, 1.54) is 0 Å². The molecule has 2 heterocycles. The molecule has 2 aliphatic heterocycles. The van der Waals surface area contributed by atoms with Crippen LogP contribution in [0, 0.1) is 0 Å². The number of piperazine rings is 1. The Balaban J connectivity index is 0.00000128. The Kier molecular flexibility index (Phi) is 4.56. The molecule has 0 spiro atoms. The molecule has 92 valence electrons. The van der Waals surface area contributed by atoms with Crippen LogP contribution in [0.25, 0.3) is 0 Å². The highest BCUT2D eigenvalue weighted by molar-refractivity contribution is 5.91. The molecular formula is C10H18ClN3O2. The molecular weight excluding hydrogens is 230 g/mol. The van der Waals surface area contributed by atoms with Gasteiger partial charge in [-0.05, 0) is 13.3 Å². The normalized spacial score (nSPS) is 29.6. The highest BCUT2D eigenvalue weighted by Crippen LogP contribution is 2.12. The lowest BCUT2D eigenvalue weighted by Crippen LogP contribution is -2.56. The average molecular weight is 248 g/mol. The lowest BCUT2D eigenvalue weighted by atomic mass is 10.1. The second-order valence-corrected chi connectivity index (χ2v) is 4.24. The van der Waals surface area contributed by atoms with Gasteiger partial charge in [-0.2, -0.15) is 0 Å². The highest BCUT2D eigenvalue weighted by Gasteiger charge is 2.33. The van der Waals surface area contributed by atoms with Crippen molar-refractivity contribution in [1.29, 1.82) is 0 Å². The van der Waals surface area contributed by atoms with Crippen molar-refractivity contribution in [2.75, 3.05) is 19.6 Å². The predicted octanol–water partition coefficient (Wildman–Crippen LogP) is -0.493. The topological polar surface area (TPSA) is 61.4 Å². The van der Waals surface area contributed by atoms with Crippen molar-refractivity contribution in [3.8, 4) is 0 Å². The summed E-state index contributed by atoms with van der Waals surface area (Å²) >= 11 is 0. The van der Waals surface area contributed by atoms with Gasteiger partial charge in [-0.1, -0.05) is 0 Å². The first-order valence-electron chi connectivity index (χ1n) is 5.49. The van der Waals surface area contributed by atoms with Crippen LogP contribution in [0.1, 0.15) is 19.8 Å². The largest absolute Gasteiger partial charge is 0.344 e. The van der Waals surface area contributed by atoms with Crippen molar-refractivity contribution in [1.82, 2.24) is 15.5 Å². The van der Waals surface area contributed by atoms with E-state index in [0.29, 0.717) is 12.8 Å². The smallest absolute Gasteiger partial charge is 0.245 e. The summed E-state index contributed by atoms with van der Waals surface area (Å²) in [6.45, 7) is 4.45. The maximum Gasteiger partial charge on any atom is 0.245 e. The van der Waals surface area contributed by atoms with Gasteiger partial charge in [-0.3, -0.25) is 9.59 Å². The molecule has 0 aliphatic carbocycles. The molecule has 0 unspecified atom stereocenters. The molecule has 6 heteroatoms. The van der Waals surface area contributed by atoms with Crippen LogP contribution in [0.15, 0.2) is 0 Å². The van der Waals surface area contributed by atoms with Crippen LogP contribution in [-0.4, -0.2) is 48.4 Å². The summed E-state index contributed by atoms with van der Waals surface area (Å²) in [6, 6.07) is -0.0539. The van der Waals surface area contributed by atoms with Crippen LogP contribution >= 0.6 is 12.4 Å². The first-order chi connectivity index (χ1) is 7.18. The number of rotatable bonds is 1. The number of carbonyl (C=O) groups is 2. The van der Waals surface area contributed by atoms with Gasteiger partial charge in [0.25, 0.3) is 0 Å². The lowest BCUT2D eigenvalue weighted by molar-refractivity contribution is -0.137. The fourth-order valence-corrected chi connectivity index (χ4v) is 2.17. The molecule has 2 N–H and O–H groups in total. The zero-order chi connectivity index (χ0) is 10.8. The van der Waals surface area contributed by atoms with E-state index >= 15 is 0 Å². The van der Waals surface area contributed by atoms with E-state index in [1.54, 1.807) is 0 Å². The van der Waals surface area contributed by atoms with E-state index < -0.39 is 0 Å².